The molecular formula is C26H25F3N4O2. The number of halogens is 3. The van der Waals surface area contributed by atoms with E-state index in [1.54, 1.807) is 17.0 Å². The molecule has 0 saturated heterocycles. The second-order valence-electron chi connectivity index (χ2n) is 9.94. The molecule has 2 N–H and O–H groups in total. The molecule has 0 spiro atoms. The molecule has 6 nitrogen and oxygen atoms in total. The zero-order valence-electron chi connectivity index (χ0n) is 19.2. The fraction of sp³-hybridized carbons (Fsp3) is 0.423. The third-order valence-electron chi connectivity index (χ3n) is 7.83. The molecule has 3 aromatic rings. The highest BCUT2D eigenvalue weighted by molar-refractivity contribution is 5.99. The van der Waals surface area contributed by atoms with Crippen molar-refractivity contribution in [3.05, 3.63) is 64.5 Å². The molecule has 182 valence electrons. The summed E-state index contributed by atoms with van der Waals surface area (Å²) in [6, 6.07) is 7.83. The predicted octanol–water partition coefficient (Wildman–Crippen LogP) is 5.26. The van der Waals surface area contributed by atoms with Crippen molar-refractivity contribution in [1.82, 2.24) is 14.9 Å². The molecule has 2 aromatic heterocycles. The Kier molecular flexibility index (Phi) is 5.03. The average molecular weight is 483 g/mol. The van der Waals surface area contributed by atoms with Crippen molar-refractivity contribution in [2.45, 2.75) is 57.7 Å². The van der Waals surface area contributed by atoms with E-state index in [0.29, 0.717) is 41.0 Å². The number of pyridine rings is 2. The van der Waals surface area contributed by atoms with Crippen molar-refractivity contribution >= 4 is 22.6 Å². The first-order chi connectivity index (χ1) is 16.7. The van der Waals surface area contributed by atoms with Gasteiger partial charge in [-0.3, -0.25) is 9.78 Å². The van der Waals surface area contributed by atoms with Crippen LogP contribution in [0.2, 0.25) is 0 Å². The highest BCUT2D eigenvalue weighted by Crippen LogP contribution is 2.51. The van der Waals surface area contributed by atoms with E-state index in [0.717, 1.165) is 48.0 Å². The number of aromatic nitrogens is 2. The molecule has 1 amide bonds. The normalized spacial score (nSPS) is 24.9. The molecule has 9 heteroatoms. The minimum atomic E-state index is -4.45. The van der Waals surface area contributed by atoms with Gasteiger partial charge in [0.25, 0.3) is 5.91 Å². The molecule has 2 bridgehead atoms. The van der Waals surface area contributed by atoms with Crippen molar-refractivity contribution in [2.24, 2.45) is 11.8 Å². The minimum absolute atomic E-state index is 0.0610. The number of carbonyl (C=O) groups excluding carboxylic acids is 1. The molecule has 0 radical (unpaired) electrons. The molecule has 3 fully saturated rings. The average Bonchev–Trinajstić information content (AvgIpc) is 3.51. The van der Waals surface area contributed by atoms with E-state index < -0.39 is 11.7 Å². The summed E-state index contributed by atoms with van der Waals surface area (Å²) in [6.07, 6.45) is -0.657. The number of alkyl halides is 3. The van der Waals surface area contributed by atoms with Crippen LogP contribution in [0.15, 0.2) is 36.5 Å². The molecule has 4 aliphatic rings. The van der Waals surface area contributed by atoms with Gasteiger partial charge in [0.05, 0.1) is 36.0 Å². The van der Waals surface area contributed by atoms with Crippen LogP contribution < -0.4 is 5.73 Å². The van der Waals surface area contributed by atoms with Crippen LogP contribution >= 0.6 is 0 Å². The number of hydrogen-bond donors (Lipinski definition) is 1. The van der Waals surface area contributed by atoms with Gasteiger partial charge in [-0.25, -0.2) is 4.98 Å². The molecular weight excluding hydrogens is 457 g/mol. The van der Waals surface area contributed by atoms with Gasteiger partial charge in [-0.2, -0.15) is 13.2 Å². The van der Waals surface area contributed by atoms with E-state index in [9.17, 15) is 18.0 Å². The highest BCUT2D eigenvalue weighted by Gasteiger charge is 2.48. The summed E-state index contributed by atoms with van der Waals surface area (Å²) in [5, 5.41) is 0.840. The first-order valence-electron chi connectivity index (χ1n) is 11.9. The lowest BCUT2D eigenvalue weighted by Crippen LogP contribution is -2.41. The Morgan fingerprint density at radius 1 is 1.20 bits per heavy atom. The molecule has 7 rings (SSSR count). The van der Waals surface area contributed by atoms with Gasteiger partial charge in [-0.1, -0.05) is 0 Å². The van der Waals surface area contributed by atoms with Crippen molar-refractivity contribution < 1.29 is 22.7 Å². The molecule has 35 heavy (non-hydrogen) atoms. The number of nitrogens with two attached hydrogens (primary N) is 1. The van der Waals surface area contributed by atoms with E-state index in [4.69, 9.17) is 10.5 Å². The molecule has 2 atom stereocenters. The maximum absolute atomic E-state index is 13.8. The largest absolute Gasteiger partial charge is 0.417 e. The maximum Gasteiger partial charge on any atom is 0.417 e. The zero-order chi connectivity index (χ0) is 24.5. The number of hydrogen-bond acceptors (Lipinski definition) is 5. The molecule has 3 aliphatic carbocycles. The van der Waals surface area contributed by atoms with Crippen LogP contribution in [-0.4, -0.2) is 26.8 Å². The quantitative estimate of drug-likeness (QED) is 0.549. The standard InChI is InChI=1S/C26H25F3N4O2/c1-13-23-20(12-35-13)19-9-15(2-5-21(19)32-24(23)30)25(34)33(22-8-14-6-16(22)7-14)11-18-4-3-17(10-31-18)26(27,28)29/h2-5,9-10,13-14,16,22H,6-8,11-12H2,1H3,(H2,30,32)/t13-,14?,16?,22?/m1/s1. The Morgan fingerprint density at radius 3 is 2.66 bits per heavy atom. The highest BCUT2D eigenvalue weighted by atomic mass is 19.4. The van der Waals surface area contributed by atoms with Gasteiger partial charge in [0, 0.05) is 28.8 Å². The van der Waals surface area contributed by atoms with Crippen molar-refractivity contribution in [2.75, 3.05) is 5.73 Å². The molecule has 1 unspecified atom stereocenters. The van der Waals surface area contributed by atoms with Gasteiger partial charge in [-0.05, 0) is 73.9 Å². The first kappa shape index (κ1) is 22.3. The van der Waals surface area contributed by atoms with Crippen LogP contribution in [0.3, 0.4) is 0 Å². The lowest BCUT2D eigenvalue weighted by atomic mass is 9.83. The second kappa shape index (κ2) is 7.91. The summed E-state index contributed by atoms with van der Waals surface area (Å²) in [7, 11) is 0. The van der Waals surface area contributed by atoms with Crippen LogP contribution in [0.4, 0.5) is 19.0 Å². The molecule has 3 heterocycles. The summed E-state index contributed by atoms with van der Waals surface area (Å²) in [5.41, 5.74) is 8.83. The molecule has 1 aromatic carbocycles. The van der Waals surface area contributed by atoms with Gasteiger partial charge in [0.1, 0.15) is 5.82 Å². The molecule has 3 saturated carbocycles. The Morgan fingerprint density at radius 2 is 2.00 bits per heavy atom. The van der Waals surface area contributed by atoms with Crippen LogP contribution in [0, 0.1) is 11.8 Å². The van der Waals surface area contributed by atoms with Crippen molar-refractivity contribution in [1.29, 1.82) is 0 Å². The summed E-state index contributed by atoms with van der Waals surface area (Å²) in [6.45, 7) is 2.50. The number of carbonyl (C=O) groups is 1. The second-order valence-corrected chi connectivity index (χ2v) is 9.94. The predicted molar refractivity (Wildman–Crippen MR) is 123 cm³/mol. The summed E-state index contributed by atoms with van der Waals surface area (Å²) < 4.78 is 44.7. The number of nitrogens with zero attached hydrogens (tertiary/aromatic N) is 3. The lowest BCUT2D eigenvalue weighted by Gasteiger charge is -2.33. The third kappa shape index (κ3) is 3.73. The Labute approximate surface area is 200 Å². The number of anilines is 1. The Hall–Kier alpha value is -3.20. The lowest BCUT2D eigenvalue weighted by molar-refractivity contribution is -0.137. The third-order valence-corrected chi connectivity index (χ3v) is 7.83. The van der Waals surface area contributed by atoms with Crippen LogP contribution in [0.5, 0.6) is 0 Å². The monoisotopic (exact) mass is 482 g/mol. The van der Waals surface area contributed by atoms with E-state index in [2.05, 4.69) is 9.97 Å². The van der Waals surface area contributed by atoms with Gasteiger partial charge >= 0.3 is 6.18 Å². The fourth-order valence-electron chi connectivity index (χ4n) is 5.97. The smallest absolute Gasteiger partial charge is 0.383 e. The molecule has 1 aliphatic heterocycles. The topological polar surface area (TPSA) is 81.3 Å². The van der Waals surface area contributed by atoms with E-state index in [-0.39, 0.29) is 24.6 Å². The van der Waals surface area contributed by atoms with E-state index in [1.165, 1.54) is 6.07 Å². The van der Waals surface area contributed by atoms with Gasteiger partial charge in [0.2, 0.25) is 0 Å². The van der Waals surface area contributed by atoms with E-state index >= 15 is 0 Å². The van der Waals surface area contributed by atoms with E-state index in [1.807, 2.05) is 13.0 Å². The number of benzene rings is 1. The number of fused-ring (bicyclic) bond motifs is 4. The summed E-state index contributed by atoms with van der Waals surface area (Å²) in [5.74, 6) is 1.34. The van der Waals surface area contributed by atoms with Crippen LogP contribution in [0.25, 0.3) is 10.9 Å². The van der Waals surface area contributed by atoms with Gasteiger partial charge < -0.3 is 15.4 Å². The number of ether oxygens (including phenoxy) is 1. The van der Waals surface area contributed by atoms with Gasteiger partial charge in [-0.15, -0.1) is 0 Å². The summed E-state index contributed by atoms with van der Waals surface area (Å²) >= 11 is 0. The van der Waals surface area contributed by atoms with Crippen LogP contribution in [0.1, 0.15) is 65.0 Å². The Balaban J connectivity index is 1.35. The SMILES string of the molecule is C[C@H]1OCc2c1c(N)nc1ccc(C(=O)N(Cc3ccc(C(F)(F)F)cn3)C3CC4CC3C4)cc21. The fourth-order valence-corrected chi connectivity index (χ4v) is 5.97. The van der Waals surface area contributed by atoms with Gasteiger partial charge in [0.15, 0.2) is 0 Å². The van der Waals surface area contributed by atoms with Crippen molar-refractivity contribution in [3.63, 3.8) is 0 Å². The Bertz CT molecular complexity index is 1320. The van der Waals surface area contributed by atoms with Crippen LogP contribution in [-0.2, 0) is 24.1 Å². The van der Waals surface area contributed by atoms with Crippen molar-refractivity contribution in [3.8, 4) is 0 Å². The maximum atomic E-state index is 13.8. The summed E-state index contributed by atoms with van der Waals surface area (Å²) in [4.78, 5) is 24.2. The number of amides is 1. The zero-order valence-corrected chi connectivity index (χ0v) is 19.2. The number of nitrogen functional groups attached to an aromatic ring is 1. The minimum Gasteiger partial charge on any atom is -0.383 e. The number of rotatable bonds is 4. The first-order valence-corrected chi connectivity index (χ1v) is 11.9.